The van der Waals surface area contributed by atoms with Crippen LogP contribution in [0.15, 0.2) is 18.2 Å². The van der Waals surface area contributed by atoms with E-state index < -0.39 is 0 Å². The molecule has 2 rings (SSSR count). The van der Waals surface area contributed by atoms with Crippen molar-refractivity contribution in [1.29, 1.82) is 0 Å². The van der Waals surface area contributed by atoms with Crippen molar-refractivity contribution in [2.75, 3.05) is 27.3 Å². The van der Waals surface area contributed by atoms with Gasteiger partial charge in [-0.1, -0.05) is 6.42 Å². The standard InChI is InChI=1S/C17H28N2O2/c1-17(2,19-8-6-5-7-9-19)16(18)13-10-14(20-3)12-15(11-13)21-4/h10-12,16H,5-9,18H2,1-4H3. The molecule has 0 radical (unpaired) electrons. The SMILES string of the molecule is COc1cc(OC)cc(C(N)C(C)(C)N2CCCCC2)c1. The molecule has 1 aliphatic rings. The topological polar surface area (TPSA) is 47.7 Å². The van der Waals surface area contributed by atoms with Gasteiger partial charge in [-0.25, -0.2) is 0 Å². The molecular formula is C17H28N2O2. The van der Waals surface area contributed by atoms with E-state index in [0.717, 1.165) is 30.2 Å². The number of nitrogens with two attached hydrogens (primary N) is 1. The van der Waals surface area contributed by atoms with Crippen molar-refractivity contribution in [3.05, 3.63) is 23.8 Å². The molecule has 1 fully saturated rings. The molecule has 0 aromatic heterocycles. The van der Waals surface area contributed by atoms with E-state index in [1.165, 1.54) is 19.3 Å². The summed E-state index contributed by atoms with van der Waals surface area (Å²) in [6.45, 7) is 6.72. The lowest BCUT2D eigenvalue weighted by atomic mass is 9.86. The van der Waals surface area contributed by atoms with Gasteiger partial charge < -0.3 is 15.2 Å². The smallest absolute Gasteiger partial charge is 0.122 e. The summed E-state index contributed by atoms with van der Waals surface area (Å²) < 4.78 is 10.7. The third-order valence-electron chi connectivity index (χ3n) is 4.67. The van der Waals surface area contributed by atoms with Crippen LogP contribution in [0.4, 0.5) is 0 Å². The number of benzene rings is 1. The largest absolute Gasteiger partial charge is 0.497 e. The van der Waals surface area contributed by atoms with E-state index >= 15 is 0 Å². The van der Waals surface area contributed by atoms with Crippen molar-refractivity contribution in [3.63, 3.8) is 0 Å². The Morgan fingerprint density at radius 1 is 1.00 bits per heavy atom. The second kappa shape index (κ2) is 6.67. The van der Waals surface area contributed by atoms with Crippen LogP contribution in [0.2, 0.25) is 0 Å². The van der Waals surface area contributed by atoms with E-state index in [9.17, 15) is 0 Å². The molecule has 4 heteroatoms. The molecule has 1 atom stereocenters. The first-order valence-corrected chi connectivity index (χ1v) is 7.72. The molecule has 118 valence electrons. The fourth-order valence-electron chi connectivity index (χ4n) is 3.08. The van der Waals surface area contributed by atoms with Gasteiger partial charge in [0.1, 0.15) is 11.5 Å². The Kier molecular flexibility index (Phi) is 5.12. The van der Waals surface area contributed by atoms with Gasteiger partial charge in [-0.05, 0) is 57.5 Å². The Labute approximate surface area is 128 Å². The van der Waals surface area contributed by atoms with E-state index in [1.807, 2.05) is 18.2 Å². The molecule has 0 bridgehead atoms. The highest BCUT2D eigenvalue weighted by atomic mass is 16.5. The molecule has 1 unspecified atom stereocenters. The maximum Gasteiger partial charge on any atom is 0.122 e. The Morgan fingerprint density at radius 3 is 2.00 bits per heavy atom. The van der Waals surface area contributed by atoms with E-state index in [1.54, 1.807) is 14.2 Å². The minimum Gasteiger partial charge on any atom is -0.497 e. The summed E-state index contributed by atoms with van der Waals surface area (Å²) in [5.41, 5.74) is 7.57. The first kappa shape index (κ1) is 16.1. The molecular weight excluding hydrogens is 264 g/mol. The first-order chi connectivity index (χ1) is 9.98. The van der Waals surface area contributed by atoms with Crippen LogP contribution >= 0.6 is 0 Å². The van der Waals surface area contributed by atoms with Gasteiger partial charge in [0.2, 0.25) is 0 Å². The van der Waals surface area contributed by atoms with Crippen molar-refractivity contribution in [2.24, 2.45) is 5.73 Å². The Bertz CT molecular complexity index is 446. The summed E-state index contributed by atoms with van der Waals surface area (Å²) in [6.07, 6.45) is 3.85. The maximum absolute atomic E-state index is 6.60. The Morgan fingerprint density at radius 2 is 1.52 bits per heavy atom. The lowest BCUT2D eigenvalue weighted by Gasteiger charge is -2.44. The Hall–Kier alpha value is -1.26. The van der Waals surface area contributed by atoms with E-state index in [2.05, 4.69) is 18.7 Å². The minimum atomic E-state index is -0.0855. The van der Waals surface area contributed by atoms with E-state index in [4.69, 9.17) is 15.2 Å². The molecule has 1 aromatic rings. The predicted octanol–water partition coefficient (Wildman–Crippen LogP) is 2.97. The van der Waals surface area contributed by atoms with Gasteiger partial charge in [0.05, 0.1) is 14.2 Å². The lowest BCUT2D eigenvalue weighted by molar-refractivity contribution is 0.0729. The van der Waals surface area contributed by atoms with Gasteiger partial charge in [0.15, 0.2) is 0 Å². The number of hydrogen-bond donors (Lipinski definition) is 1. The highest BCUT2D eigenvalue weighted by Crippen LogP contribution is 2.34. The van der Waals surface area contributed by atoms with Crippen molar-refractivity contribution >= 4 is 0 Å². The number of likely N-dealkylation sites (tertiary alicyclic amines) is 1. The summed E-state index contributed by atoms with van der Waals surface area (Å²) in [5, 5.41) is 0. The highest BCUT2D eigenvalue weighted by molar-refractivity contribution is 5.40. The van der Waals surface area contributed by atoms with Crippen molar-refractivity contribution in [2.45, 2.75) is 44.7 Å². The number of hydrogen-bond acceptors (Lipinski definition) is 4. The normalized spacial score (nSPS) is 18.3. The van der Waals surface area contributed by atoms with Crippen LogP contribution in [0, 0.1) is 0 Å². The van der Waals surface area contributed by atoms with E-state index in [-0.39, 0.29) is 11.6 Å². The van der Waals surface area contributed by atoms with Crippen molar-refractivity contribution < 1.29 is 9.47 Å². The summed E-state index contributed by atoms with van der Waals surface area (Å²) in [6, 6.07) is 5.82. The van der Waals surface area contributed by atoms with Crippen LogP contribution in [0.5, 0.6) is 11.5 Å². The second-order valence-corrected chi connectivity index (χ2v) is 6.33. The van der Waals surface area contributed by atoms with Gasteiger partial charge in [0.25, 0.3) is 0 Å². The molecule has 0 aliphatic carbocycles. The summed E-state index contributed by atoms with van der Waals surface area (Å²) in [4.78, 5) is 2.51. The second-order valence-electron chi connectivity index (χ2n) is 6.33. The first-order valence-electron chi connectivity index (χ1n) is 7.72. The van der Waals surface area contributed by atoms with Crippen LogP contribution < -0.4 is 15.2 Å². The summed E-state index contributed by atoms with van der Waals surface area (Å²) >= 11 is 0. The number of nitrogens with zero attached hydrogens (tertiary/aromatic N) is 1. The van der Waals surface area contributed by atoms with Gasteiger partial charge in [-0.15, -0.1) is 0 Å². The zero-order valence-electron chi connectivity index (χ0n) is 13.7. The summed E-state index contributed by atoms with van der Waals surface area (Å²) in [7, 11) is 3.33. The zero-order valence-corrected chi connectivity index (χ0v) is 13.7. The summed E-state index contributed by atoms with van der Waals surface area (Å²) in [5.74, 6) is 1.57. The highest BCUT2D eigenvalue weighted by Gasteiger charge is 2.35. The lowest BCUT2D eigenvalue weighted by Crippen LogP contribution is -2.53. The van der Waals surface area contributed by atoms with Gasteiger partial charge in [-0.3, -0.25) is 4.90 Å². The quantitative estimate of drug-likeness (QED) is 0.906. The van der Waals surface area contributed by atoms with Crippen LogP contribution in [0.1, 0.15) is 44.7 Å². The molecule has 2 N–H and O–H groups in total. The van der Waals surface area contributed by atoms with Crippen LogP contribution in [0.25, 0.3) is 0 Å². The van der Waals surface area contributed by atoms with Gasteiger partial charge in [0, 0.05) is 17.6 Å². The number of rotatable bonds is 5. The average Bonchev–Trinajstić information content (AvgIpc) is 2.54. The zero-order chi connectivity index (χ0) is 15.5. The third-order valence-corrected chi connectivity index (χ3v) is 4.67. The average molecular weight is 292 g/mol. The minimum absolute atomic E-state index is 0.0837. The molecule has 1 aromatic carbocycles. The van der Waals surface area contributed by atoms with Gasteiger partial charge >= 0.3 is 0 Å². The predicted molar refractivity (Wildman–Crippen MR) is 86.0 cm³/mol. The van der Waals surface area contributed by atoms with E-state index in [0.29, 0.717) is 0 Å². The monoisotopic (exact) mass is 292 g/mol. The maximum atomic E-state index is 6.60. The molecule has 0 spiro atoms. The van der Waals surface area contributed by atoms with Gasteiger partial charge in [-0.2, -0.15) is 0 Å². The fourth-order valence-corrected chi connectivity index (χ4v) is 3.08. The van der Waals surface area contributed by atoms with Crippen LogP contribution in [0.3, 0.4) is 0 Å². The number of ether oxygens (including phenoxy) is 2. The van der Waals surface area contributed by atoms with Crippen molar-refractivity contribution in [1.82, 2.24) is 4.90 Å². The van der Waals surface area contributed by atoms with Crippen LogP contribution in [-0.4, -0.2) is 37.7 Å². The molecule has 1 saturated heterocycles. The third kappa shape index (κ3) is 3.50. The molecule has 0 saturated carbocycles. The number of methoxy groups -OCH3 is 2. The Balaban J connectivity index is 2.26. The molecule has 1 aliphatic heterocycles. The molecule has 0 amide bonds. The van der Waals surface area contributed by atoms with Crippen molar-refractivity contribution in [3.8, 4) is 11.5 Å². The fraction of sp³-hybridized carbons (Fsp3) is 0.647. The van der Waals surface area contributed by atoms with Crippen LogP contribution in [-0.2, 0) is 0 Å². The molecule has 4 nitrogen and oxygen atoms in total. The molecule has 21 heavy (non-hydrogen) atoms. The number of piperidine rings is 1. The molecule has 1 heterocycles.